The van der Waals surface area contributed by atoms with E-state index in [0.717, 1.165) is 10.0 Å². The molecule has 2 aromatic carbocycles. The Morgan fingerprint density at radius 2 is 1.90 bits per heavy atom. The first kappa shape index (κ1) is 15.6. The highest BCUT2D eigenvalue weighted by Gasteiger charge is 2.23. The topological polar surface area (TPSA) is 12.0 Å². The second-order valence-electron chi connectivity index (χ2n) is 4.30. The molecule has 20 heavy (non-hydrogen) atoms. The molecule has 0 heterocycles. The Morgan fingerprint density at radius 3 is 2.55 bits per heavy atom. The first-order valence-electron chi connectivity index (χ1n) is 6.16. The summed E-state index contributed by atoms with van der Waals surface area (Å²) in [6.45, 7) is 2.50. The van der Waals surface area contributed by atoms with Crippen LogP contribution in [0.4, 0.5) is 8.78 Å². The van der Waals surface area contributed by atoms with Crippen molar-refractivity contribution in [2.45, 2.75) is 13.0 Å². The fourth-order valence-electron chi connectivity index (χ4n) is 2.08. The Balaban J connectivity index is 2.57. The van der Waals surface area contributed by atoms with E-state index in [2.05, 4.69) is 37.2 Å². The summed E-state index contributed by atoms with van der Waals surface area (Å²) in [5.74, 6) is -1.13. The van der Waals surface area contributed by atoms with E-state index >= 15 is 0 Å². The van der Waals surface area contributed by atoms with E-state index in [1.54, 1.807) is 0 Å². The summed E-state index contributed by atoms with van der Waals surface area (Å²) in [6, 6.07) is 9.53. The van der Waals surface area contributed by atoms with Gasteiger partial charge in [0, 0.05) is 10.0 Å². The fraction of sp³-hybridized carbons (Fsp3) is 0.200. The molecule has 0 aliphatic heterocycles. The van der Waals surface area contributed by atoms with Crippen LogP contribution in [0.25, 0.3) is 0 Å². The van der Waals surface area contributed by atoms with Crippen LogP contribution in [0.1, 0.15) is 24.1 Å². The van der Waals surface area contributed by atoms with Gasteiger partial charge in [0.25, 0.3) is 0 Å². The molecule has 1 nitrogen and oxygen atoms in total. The summed E-state index contributed by atoms with van der Waals surface area (Å²) >= 11 is 6.49. The molecule has 1 unspecified atom stereocenters. The first-order valence-corrected chi connectivity index (χ1v) is 7.75. The molecule has 5 heteroatoms. The van der Waals surface area contributed by atoms with Gasteiger partial charge in [0.1, 0.15) is 11.6 Å². The molecule has 0 aromatic heterocycles. The van der Waals surface area contributed by atoms with Gasteiger partial charge in [0.05, 0.1) is 10.5 Å². The lowest BCUT2D eigenvalue weighted by molar-refractivity contribution is 0.507. The van der Waals surface area contributed by atoms with Gasteiger partial charge in [-0.05, 0) is 52.3 Å². The third-order valence-corrected chi connectivity index (χ3v) is 4.06. The van der Waals surface area contributed by atoms with Crippen LogP contribution in [-0.4, -0.2) is 6.54 Å². The van der Waals surface area contributed by atoms with E-state index in [-0.39, 0.29) is 10.0 Å². The standard InChI is InChI=1S/C15H13Br2F2N/c1-2-20-15(9-4-3-5-10(16)8-9)13-12(18)7-6-11(17)14(13)19/h3-8,15,20H,2H2,1H3. The molecule has 0 saturated carbocycles. The molecule has 1 atom stereocenters. The van der Waals surface area contributed by atoms with Crippen LogP contribution in [0, 0.1) is 11.6 Å². The van der Waals surface area contributed by atoms with Gasteiger partial charge in [-0.1, -0.05) is 35.0 Å². The van der Waals surface area contributed by atoms with Crippen molar-refractivity contribution in [2.24, 2.45) is 0 Å². The average molecular weight is 405 g/mol. The van der Waals surface area contributed by atoms with Crippen molar-refractivity contribution in [1.29, 1.82) is 0 Å². The van der Waals surface area contributed by atoms with E-state index < -0.39 is 17.7 Å². The van der Waals surface area contributed by atoms with Crippen LogP contribution in [0.2, 0.25) is 0 Å². The molecule has 0 bridgehead atoms. The Bertz CT molecular complexity index is 617. The van der Waals surface area contributed by atoms with Crippen molar-refractivity contribution in [3.63, 3.8) is 0 Å². The Morgan fingerprint density at radius 1 is 1.15 bits per heavy atom. The molecular formula is C15H13Br2F2N. The molecule has 0 aliphatic rings. The molecular weight excluding hydrogens is 392 g/mol. The highest BCUT2D eigenvalue weighted by Crippen LogP contribution is 2.31. The Hall–Kier alpha value is -0.780. The quantitative estimate of drug-likeness (QED) is 0.691. The van der Waals surface area contributed by atoms with Crippen molar-refractivity contribution < 1.29 is 8.78 Å². The zero-order chi connectivity index (χ0) is 14.7. The molecule has 0 amide bonds. The normalized spacial score (nSPS) is 12.4. The lowest BCUT2D eigenvalue weighted by Gasteiger charge is -2.21. The maximum Gasteiger partial charge on any atom is 0.145 e. The van der Waals surface area contributed by atoms with Crippen LogP contribution >= 0.6 is 31.9 Å². The second kappa shape index (κ2) is 6.78. The van der Waals surface area contributed by atoms with E-state index in [4.69, 9.17) is 0 Å². The van der Waals surface area contributed by atoms with E-state index in [9.17, 15) is 8.78 Å². The maximum absolute atomic E-state index is 14.3. The lowest BCUT2D eigenvalue weighted by atomic mass is 9.97. The minimum absolute atomic E-state index is 0.0272. The van der Waals surface area contributed by atoms with Crippen molar-refractivity contribution in [2.75, 3.05) is 6.54 Å². The smallest absolute Gasteiger partial charge is 0.145 e. The first-order chi connectivity index (χ1) is 9.54. The summed E-state index contributed by atoms with van der Waals surface area (Å²) in [6.07, 6.45) is 0. The average Bonchev–Trinajstić information content (AvgIpc) is 2.42. The molecule has 1 N–H and O–H groups in total. The number of halogens is 4. The zero-order valence-electron chi connectivity index (χ0n) is 10.8. The van der Waals surface area contributed by atoms with Crippen molar-refractivity contribution >= 4 is 31.9 Å². The van der Waals surface area contributed by atoms with Gasteiger partial charge in [-0.2, -0.15) is 0 Å². The number of hydrogen-bond donors (Lipinski definition) is 1. The van der Waals surface area contributed by atoms with Gasteiger partial charge in [0.15, 0.2) is 0 Å². The summed E-state index contributed by atoms with van der Waals surface area (Å²) in [5.41, 5.74) is 0.830. The SMILES string of the molecule is CCNC(c1cccc(Br)c1)c1c(F)ccc(Br)c1F. The molecule has 2 aromatic rings. The minimum Gasteiger partial charge on any atom is -0.306 e. The summed E-state index contributed by atoms with van der Waals surface area (Å²) in [7, 11) is 0. The Kier molecular flexibility index (Phi) is 5.29. The predicted molar refractivity (Wildman–Crippen MR) is 83.7 cm³/mol. The molecule has 2 rings (SSSR count). The third kappa shape index (κ3) is 3.27. The minimum atomic E-state index is -0.573. The van der Waals surface area contributed by atoms with Crippen LogP contribution in [0.15, 0.2) is 45.3 Å². The van der Waals surface area contributed by atoms with Gasteiger partial charge in [-0.3, -0.25) is 0 Å². The molecule has 106 valence electrons. The lowest BCUT2D eigenvalue weighted by Crippen LogP contribution is -2.24. The number of benzene rings is 2. The van der Waals surface area contributed by atoms with Crippen LogP contribution < -0.4 is 5.32 Å². The van der Waals surface area contributed by atoms with Crippen molar-refractivity contribution in [3.05, 3.63) is 68.1 Å². The molecule has 0 radical (unpaired) electrons. The van der Waals surface area contributed by atoms with E-state index in [1.165, 1.54) is 12.1 Å². The molecule has 0 spiro atoms. The highest BCUT2D eigenvalue weighted by atomic mass is 79.9. The van der Waals surface area contributed by atoms with E-state index in [0.29, 0.717) is 6.54 Å². The van der Waals surface area contributed by atoms with E-state index in [1.807, 2.05) is 31.2 Å². The fourth-order valence-corrected chi connectivity index (χ4v) is 2.85. The van der Waals surface area contributed by atoms with Crippen LogP contribution in [0.3, 0.4) is 0 Å². The highest BCUT2D eigenvalue weighted by molar-refractivity contribution is 9.10. The predicted octanol–water partition coefficient (Wildman–Crippen LogP) is 5.19. The number of nitrogens with one attached hydrogen (secondary N) is 1. The largest absolute Gasteiger partial charge is 0.306 e. The number of hydrogen-bond acceptors (Lipinski definition) is 1. The van der Waals surface area contributed by atoms with Crippen LogP contribution in [-0.2, 0) is 0 Å². The van der Waals surface area contributed by atoms with Gasteiger partial charge >= 0.3 is 0 Å². The van der Waals surface area contributed by atoms with Gasteiger partial charge in [-0.15, -0.1) is 0 Å². The third-order valence-electron chi connectivity index (χ3n) is 2.96. The second-order valence-corrected chi connectivity index (χ2v) is 6.07. The summed E-state index contributed by atoms with van der Waals surface area (Å²) in [5, 5.41) is 3.13. The Labute approximate surface area is 133 Å². The van der Waals surface area contributed by atoms with Crippen molar-refractivity contribution in [3.8, 4) is 0 Å². The molecule has 0 fully saturated rings. The number of rotatable bonds is 4. The monoisotopic (exact) mass is 403 g/mol. The van der Waals surface area contributed by atoms with Gasteiger partial charge in [0.2, 0.25) is 0 Å². The van der Waals surface area contributed by atoms with Crippen LogP contribution in [0.5, 0.6) is 0 Å². The summed E-state index contributed by atoms with van der Waals surface area (Å²) < 4.78 is 29.5. The zero-order valence-corrected chi connectivity index (χ0v) is 13.9. The summed E-state index contributed by atoms with van der Waals surface area (Å²) in [4.78, 5) is 0. The van der Waals surface area contributed by atoms with Gasteiger partial charge < -0.3 is 5.32 Å². The van der Waals surface area contributed by atoms with Crippen molar-refractivity contribution in [1.82, 2.24) is 5.32 Å². The van der Waals surface area contributed by atoms with Gasteiger partial charge in [-0.25, -0.2) is 8.78 Å². The maximum atomic E-state index is 14.3. The molecule has 0 saturated heterocycles. The molecule has 0 aliphatic carbocycles.